The van der Waals surface area contributed by atoms with E-state index in [1.165, 1.54) is 48.9 Å². The van der Waals surface area contributed by atoms with E-state index in [1.54, 1.807) is 0 Å². The Morgan fingerprint density at radius 2 is 0.982 bits per heavy atom. The van der Waals surface area contributed by atoms with Crippen LogP contribution in [0, 0.1) is 0 Å². The Morgan fingerprint density at radius 3 is 1.73 bits per heavy atom. The van der Waals surface area contributed by atoms with Crippen LogP contribution in [-0.2, 0) is 0 Å². The first-order valence-electron chi connectivity index (χ1n) is 19.0. The van der Waals surface area contributed by atoms with Gasteiger partial charge in [-0.2, -0.15) is 4.98 Å². The molecule has 6 heteroatoms. The Morgan fingerprint density at radius 1 is 0.393 bits per heavy atom. The van der Waals surface area contributed by atoms with Gasteiger partial charge in [0.05, 0.1) is 38.6 Å². The number of fused-ring (bicyclic) bond motifs is 18. The van der Waals surface area contributed by atoms with Gasteiger partial charge < -0.3 is 8.82 Å². The third kappa shape index (κ3) is 3.39. The molecular formula is C50H27N5O. The van der Waals surface area contributed by atoms with Crippen molar-refractivity contribution in [3.63, 3.8) is 0 Å². The average Bonchev–Trinajstić information content (AvgIpc) is 4.05. The minimum atomic E-state index is 0.597. The molecule has 0 amide bonds. The standard InChI is InChI=1S/C50H27N5O/c1-2-14-29-28(13-1)25-26-35-43-41(27-36-32-17-5-8-20-37(32)53-40-23-11-6-18-33(40)44(43)47(36)53)55(46(29)35)49-48-45(34-19-7-12-24-42(34)56-48)51-50(52-49)54-38-21-9-3-15-30(38)31-16-4-10-22-39(31)54/h1-27H. The Hall–Kier alpha value is -7.70. The zero-order valence-electron chi connectivity index (χ0n) is 29.7. The number of hydrogen-bond acceptors (Lipinski definition) is 3. The van der Waals surface area contributed by atoms with Crippen LogP contribution in [0.4, 0.5) is 0 Å². The van der Waals surface area contributed by atoms with Crippen LogP contribution < -0.4 is 0 Å². The van der Waals surface area contributed by atoms with Crippen LogP contribution in [0.15, 0.2) is 168 Å². The predicted octanol–water partition coefficient (Wildman–Crippen LogP) is 12.9. The van der Waals surface area contributed by atoms with Crippen molar-refractivity contribution in [2.24, 2.45) is 0 Å². The molecule has 6 heterocycles. The summed E-state index contributed by atoms with van der Waals surface area (Å²) in [5.41, 5.74) is 10.2. The fourth-order valence-electron chi connectivity index (χ4n) is 9.95. The van der Waals surface area contributed by atoms with Crippen molar-refractivity contribution in [3.05, 3.63) is 164 Å². The van der Waals surface area contributed by atoms with E-state index >= 15 is 0 Å². The van der Waals surface area contributed by atoms with Gasteiger partial charge in [0.25, 0.3) is 0 Å². The highest BCUT2D eigenvalue weighted by atomic mass is 16.3. The second kappa shape index (κ2) is 10.1. The molecule has 0 aliphatic carbocycles. The summed E-state index contributed by atoms with van der Waals surface area (Å²) in [6.45, 7) is 0. The smallest absolute Gasteiger partial charge is 0.237 e. The molecule has 56 heavy (non-hydrogen) atoms. The molecule has 0 N–H and O–H groups in total. The molecule has 0 unspecified atom stereocenters. The number of para-hydroxylation sites is 5. The van der Waals surface area contributed by atoms with Crippen LogP contribution in [0.3, 0.4) is 0 Å². The lowest BCUT2D eigenvalue weighted by molar-refractivity contribution is 0.661. The molecule has 0 bridgehead atoms. The molecule has 0 radical (unpaired) electrons. The first-order chi connectivity index (χ1) is 27.8. The van der Waals surface area contributed by atoms with E-state index in [1.807, 2.05) is 12.1 Å². The van der Waals surface area contributed by atoms with Crippen molar-refractivity contribution >= 4 is 115 Å². The van der Waals surface area contributed by atoms with Gasteiger partial charge in [-0.3, -0.25) is 9.13 Å². The molecule has 0 fully saturated rings. The molecule has 0 atom stereocenters. The van der Waals surface area contributed by atoms with Crippen LogP contribution >= 0.6 is 0 Å². The first kappa shape index (κ1) is 28.8. The minimum Gasteiger partial charge on any atom is -0.450 e. The Labute approximate surface area is 317 Å². The van der Waals surface area contributed by atoms with Crippen LogP contribution in [0.2, 0.25) is 0 Å². The van der Waals surface area contributed by atoms with Crippen molar-refractivity contribution < 1.29 is 4.42 Å². The molecule has 0 saturated carbocycles. The molecule has 0 aliphatic heterocycles. The maximum atomic E-state index is 6.87. The largest absolute Gasteiger partial charge is 0.450 e. The van der Waals surface area contributed by atoms with E-state index in [-0.39, 0.29) is 0 Å². The summed E-state index contributed by atoms with van der Waals surface area (Å²) in [5.74, 6) is 1.31. The van der Waals surface area contributed by atoms with Crippen molar-refractivity contribution in [3.8, 4) is 11.8 Å². The number of aromatic nitrogens is 5. The lowest BCUT2D eigenvalue weighted by Gasteiger charge is -2.13. The quantitative estimate of drug-likeness (QED) is 0.179. The number of nitrogens with zero attached hydrogens (tertiary/aromatic N) is 5. The van der Waals surface area contributed by atoms with Crippen molar-refractivity contribution in [1.29, 1.82) is 0 Å². The molecule has 14 rings (SSSR count). The van der Waals surface area contributed by atoms with Gasteiger partial charge in [-0.25, -0.2) is 4.98 Å². The fourth-order valence-corrected chi connectivity index (χ4v) is 9.95. The number of rotatable bonds is 2. The van der Waals surface area contributed by atoms with Gasteiger partial charge in [0.15, 0.2) is 11.4 Å². The minimum absolute atomic E-state index is 0.597. The third-order valence-corrected chi connectivity index (χ3v) is 12.2. The van der Waals surface area contributed by atoms with Crippen LogP contribution in [0.1, 0.15) is 0 Å². The Bertz CT molecular complexity index is 3960. The summed E-state index contributed by atoms with van der Waals surface area (Å²) in [5, 5.41) is 12.9. The normalized spacial score (nSPS) is 12.6. The van der Waals surface area contributed by atoms with Gasteiger partial charge in [-0.05, 0) is 47.9 Å². The Balaban J connectivity index is 1.26. The number of hydrogen-bond donors (Lipinski definition) is 0. The van der Waals surface area contributed by atoms with Crippen molar-refractivity contribution in [2.75, 3.05) is 0 Å². The molecule has 14 aromatic rings. The van der Waals surface area contributed by atoms with Gasteiger partial charge in [0.2, 0.25) is 5.95 Å². The molecule has 6 aromatic heterocycles. The molecule has 258 valence electrons. The summed E-state index contributed by atoms with van der Waals surface area (Å²) in [7, 11) is 0. The second-order valence-corrected chi connectivity index (χ2v) is 14.9. The van der Waals surface area contributed by atoms with E-state index in [0.717, 1.165) is 60.1 Å². The highest BCUT2D eigenvalue weighted by molar-refractivity contribution is 6.37. The molecule has 6 nitrogen and oxygen atoms in total. The maximum Gasteiger partial charge on any atom is 0.237 e. The van der Waals surface area contributed by atoms with Gasteiger partial charge in [-0.15, -0.1) is 0 Å². The molecule has 0 saturated heterocycles. The molecule has 0 aliphatic rings. The zero-order valence-corrected chi connectivity index (χ0v) is 29.7. The van der Waals surface area contributed by atoms with Gasteiger partial charge >= 0.3 is 0 Å². The first-order valence-corrected chi connectivity index (χ1v) is 19.0. The van der Waals surface area contributed by atoms with Crippen LogP contribution in [0.5, 0.6) is 0 Å². The summed E-state index contributed by atoms with van der Waals surface area (Å²) in [6, 6.07) is 58.5. The predicted molar refractivity (Wildman–Crippen MR) is 230 cm³/mol. The number of furan rings is 1. The highest BCUT2D eigenvalue weighted by Gasteiger charge is 2.28. The lowest BCUT2D eigenvalue weighted by Crippen LogP contribution is -2.06. The second-order valence-electron chi connectivity index (χ2n) is 14.9. The van der Waals surface area contributed by atoms with E-state index in [9.17, 15) is 0 Å². The van der Waals surface area contributed by atoms with E-state index < -0.39 is 0 Å². The van der Waals surface area contributed by atoms with E-state index in [2.05, 4.69) is 165 Å². The number of benzene rings is 8. The summed E-state index contributed by atoms with van der Waals surface area (Å²) in [4.78, 5) is 11.0. The third-order valence-electron chi connectivity index (χ3n) is 12.2. The lowest BCUT2D eigenvalue weighted by atomic mass is 10.0. The zero-order chi connectivity index (χ0) is 36.2. The maximum absolute atomic E-state index is 6.87. The topological polar surface area (TPSA) is 53.2 Å². The fraction of sp³-hybridized carbons (Fsp3) is 0. The van der Waals surface area contributed by atoms with Crippen molar-refractivity contribution in [2.45, 2.75) is 0 Å². The van der Waals surface area contributed by atoms with Crippen LogP contribution in [0.25, 0.3) is 126 Å². The summed E-state index contributed by atoms with van der Waals surface area (Å²) >= 11 is 0. The van der Waals surface area contributed by atoms with Gasteiger partial charge in [-0.1, -0.05) is 121 Å². The van der Waals surface area contributed by atoms with Gasteiger partial charge in [0, 0.05) is 53.9 Å². The molecule has 8 aromatic carbocycles. The molecule has 0 spiro atoms. The van der Waals surface area contributed by atoms with E-state index in [4.69, 9.17) is 14.4 Å². The van der Waals surface area contributed by atoms with Crippen LogP contribution in [-0.4, -0.2) is 23.5 Å². The Kier molecular flexibility index (Phi) is 5.18. The monoisotopic (exact) mass is 713 g/mol. The highest BCUT2D eigenvalue weighted by Crippen LogP contribution is 2.48. The van der Waals surface area contributed by atoms with Gasteiger partial charge in [0.1, 0.15) is 11.1 Å². The van der Waals surface area contributed by atoms with Crippen molar-refractivity contribution in [1.82, 2.24) is 23.5 Å². The van der Waals surface area contributed by atoms with E-state index in [0.29, 0.717) is 17.3 Å². The SMILES string of the molecule is c1ccc2c(c1)ccc1c3c4c5ccccc5n5c6ccccc6c(cc3n(-c3nc(-n6c7ccccc7c7ccccc76)nc6c3oc3ccccc36)c21)c45. The molecular weight excluding hydrogens is 687 g/mol. The average molecular weight is 714 g/mol. The summed E-state index contributed by atoms with van der Waals surface area (Å²) in [6.07, 6.45) is 0. The summed E-state index contributed by atoms with van der Waals surface area (Å²) < 4.78 is 13.9.